The van der Waals surface area contributed by atoms with Gasteiger partial charge in [-0.25, -0.2) is 8.42 Å². The predicted octanol–water partition coefficient (Wildman–Crippen LogP) is 0.279. The molecule has 0 radical (unpaired) electrons. The highest BCUT2D eigenvalue weighted by molar-refractivity contribution is 7.89. The Labute approximate surface area is 145 Å². The van der Waals surface area contributed by atoms with Crippen molar-refractivity contribution in [1.82, 2.24) is 9.21 Å². The van der Waals surface area contributed by atoms with Gasteiger partial charge in [0.1, 0.15) is 25.5 Å². The SMILES string of the molecule is N#Cc1ccccc1S(=O)(=O)N1CCN(C(=O)C2=COCCO2)CC1. The third kappa shape index (κ3) is 3.45. The molecule has 0 aromatic heterocycles. The number of hydrogen-bond donors (Lipinski definition) is 0. The zero-order valence-electron chi connectivity index (χ0n) is 13.4. The van der Waals surface area contributed by atoms with Crippen molar-refractivity contribution in [1.29, 1.82) is 5.26 Å². The molecular formula is C16H17N3O5S. The molecule has 0 unspecified atom stereocenters. The van der Waals surface area contributed by atoms with Crippen molar-refractivity contribution >= 4 is 15.9 Å². The zero-order valence-corrected chi connectivity index (χ0v) is 14.2. The summed E-state index contributed by atoms with van der Waals surface area (Å²) in [6.45, 7) is 1.52. The van der Waals surface area contributed by atoms with Crippen LogP contribution in [0, 0.1) is 11.3 Å². The Morgan fingerprint density at radius 2 is 1.84 bits per heavy atom. The van der Waals surface area contributed by atoms with Gasteiger partial charge in [0.15, 0.2) is 0 Å². The molecule has 2 aliphatic heterocycles. The summed E-state index contributed by atoms with van der Waals surface area (Å²) < 4.78 is 37.2. The molecule has 0 saturated carbocycles. The van der Waals surface area contributed by atoms with Gasteiger partial charge in [-0.2, -0.15) is 9.57 Å². The van der Waals surface area contributed by atoms with E-state index in [-0.39, 0.29) is 48.3 Å². The van der Waals surface area contributed by atoms with Crippen LogP contribution in [-0.2, 0) is 24.3 Å². The Morgan fingerprint density at radius 1 is 1.12 bits per heavy atom. The van der Waals surface area contributed by atoms with Crippen LogP contribution in [0.2, 0.25) is 0 Å². The Bertz CT molecular complexity index is 836. The number of carbonyl (C=O) groups is 1. The Hall–Kier alpha value is -2.57. The summed E-state index contributed by atoms with van der Waals surface area (Å²) in [6, 6.07) is 8.00. The third-order valence-electron chi connectivity index (χ3n) is 4.01. The van der Waals surface area contributed by atoms with Gasteiger partial charge in [0.05, 0.1) is 10.5 Å². The van der Waals surface area contributed by atoms with Crippen molar-refractivity contribution < 1.29 is 22.7 Å². The minimum absolute atomic E-state index is 0.0102. The lowest BCUT2D eigenvalue weighted by atomic mass is 10.2. The van der Waals surface area contributed by atoms with Crippen LogP contribution in [0.25, 0.3) is 0 Å². The summed E-state index contributed by atoms with van der Waals surface area (Å²) in [5.74, 6) is -0.174. The normalized spacial score (nSPS) is 18.5. The van der Waals surface area contributed by atoms with Gasteiger partial charge in [0.25, 0.3) is 5.91 Å². The first-order valence-electron chi connectivity index (χ1n) is 7.77. The van der Waals surface area contributed by atoms with Gasteiger partial charge < -0.3 is 14.4 Å². The monoisotopic (exact) mass is 363 g/mol. The predicted molar refractivity (Wildman–Crippen MR) is 86.5 cm³/mol. The van der Waals surface area contributed by atoms with E-state index in [9.17, 15) is 13.2 Å². The fraction of sp³-hybridized carbons (Fsp3) is 0.375. The first kappa shape index (κ1) is 17.3. The molecule has 2 aliphatic rings. The number of nitriles is 1. The van der Waals surface area contributed by atoms with E-state index in [1.165, 1.54) is 27.6 Å². The van der Waals surface area contributed by atoms with Crippen molar-refractivity contribution in [2.45, 2.75) is 4.90 Å². The molecule has 25 heavy (non-hydrogen) atoms. The number of benzene rings is 1. The Kier molecular flexibility index (Phi) is 4.92. The van der Waals surface area contributed by atoms with Gasteiger partial charge in [-0.15, -0.1) is 0 Å². The molecular weight excluding hydrogens is 346 g/mol. The quantitative estimate of drug-likeness (QED) is 0.765. The highest BCUT2D eigenvalue weighted by Crippen LogP contribution is 2.21. The Morgan fingerprint density at radius 3 is 2.48 bits per heavy atom. The topological polar surface area (TPSA) is 99.9 Å². The molecule has 132 valence electrons. The van der Waals surface area contributed by atoms with Crippen LogP contribution in [-0.4, -0.2) is 62.9 Å². The van der Waals surface area contributed by atoms with E-state index in [4.69, 9.17) is 14.7 Å². The molecule has 8 nitrogen and oxygen atoms in total. The fourth-order valence-corrected chi connectivity index (χ4v) is 4.26. The lowest BCUT2D eigenvalue weighted by Gasteiger charge is -2.34. The number of piperazine rings is 1. The molecule has 0 atom stereocenters. The molecule has 1 aromatic carbocycles. The van der Waals surface area contributed by atoms with Crippen molar-refractivity contribution in [2.24, 2.45) is 0 Å². The maximum atomic E-state index is 12.8. The molecule has 0 N–H and O–H groups in total. The van der Waals surface area contributed by atoms with Gasteiger partial charge in [-0.3, -0.25) is 4.79 Å². The van der Waals surface area contributed by atoms with E-state index < -0.39 is 10.0 Å². The maximum absolute atomic E-state index is 12.8. The lowest BCUT2D eigenvalue weighted by Crippen LogP contribution is -2.51. The number of carbonyl (C=O) groups excluding carboxylic acids is 1. The molecule has 2 heterocycles. The smallest absolute Gasteiger partial charge is 0.292 e. The van der Waals surface area contributed by atoms with Gasteiger partial charge in [-0.05, 0) is 12.1 Å². The summed E-state index contributed by atoms with van der Waals surface area (Å²) in [5.41, 5.74) is 0.110. The molecule has 1 amide bonds. The lowest BCUT2D eigenvalue weighted by molar-refractivity contribution is -0.133. The summed E-state index contributed by atoms with van der Waals surface area (Å²) in [7, 11) is -3.78. The number of amides is 1. The van der Waals surface area contributed by atoms with Gasteiger partial charge in [-0.1, -0.05) is 12.1 Å². The number of ether oxygens (including phenoxy) is 2. The molecule has 0 bridgehead atoms. The van der Waals surface area contributed by atoms with Crippen LogP contribution in [0.4, 0.5) is 0 Å². The summed E-state index contributed by atoms with van der Waals surface area (Å²) in [4.78, 5) is 13.8. The van der Waals surface area contributed by atoms with Gasteiger partial charge in [0.2, 0.25) is 15.8 Å². The third-order valence-corrected chi connectivity index (χ3v) is 5.97. The minimum atomic E-state index is -3.78. The van der Waals surface area contributed by atoms with E-state index in [0.29, 0.717) is 13.2 Å². The standard InChI is InChI=1S/C16H17N3O5S/c17-11-13-3-1-2-4-15(13)25(21,22)19-7-5-18(6-8-19)16(20)14-12-23-9-10-24-14/h1-4,12H,5-10H2. The molecule has 1 fully saturated rings. The van der Waals surface area contributed by atoms with Crippen molar-refractivity contribution in [3.8, 4) is 6.07 Å². The first-order chi connectivity index (χ1) is 12.0. The second-order valence-electron chi connectivity index (χ2n) is 5.51. The van der Waals surface area contributed by atoms with E-state index in [1.54, 1.807) is 12.1 Å². The maximum Gasteiger partial charge on any atom is 0.292 e. The summed E-state index contributed by atoms with van der Waals surface area (Å²) in [5, 5.41) is 9.12. The minimum Gasteiger partial charge on any atom is -0.494 e. The number of rotatable bonds is 3. The van der Waals surface area contributed by atoms with Crippen LogP contribution in [0.15, 0.2) is 41.2 Å². The van der Waals surface area contributed by atoms with Gasteiger partial charge >= 0.3 is 0 Å². The molecule has 1 saturated heterocycles. The van der Waals surface area contributed by atoms with Crippen molar-refractivity contribution in [2.75, 3.05) is 39.4 Å². The number of nitrogens with zero attached hydrogens (tertiary/aromatic N) is 3. The highest BCUT2D eigenvalue weighted by atomic mass is 32.2. The van der Waals surface area contributed by atoms with Crippen LogP contribution in [0.5, 0.6) is 0 Å². The van der Waals surface area contributed by atoms with Crippen molar-refractivity contribution in [3.05, 3.63) is 41.9 Å². The van der Waals surface area contributed by atoms with Crippen LogP contribution >= 0.6 is 0 Å². The summed E-state index contributed by atoms with van der Waals surface area (Å²) >= 11 is 0. The van der Waals surface area contributed by atoms with E-state index >= 15 is 0 Å². The molecule has 1 aromatic rings. The average molecular weight is 363 g/mol. The largest absolute Gasteiger partial charge is 0.494 e. The zero-order chi connectivity index (χ0) is 17.9. The average Bonchev–Trinajstić information content (AvgIpc) is 2.68. The fourth-order valence-electron chi connectivity index (χ4n) is 2.69. The van der Waals surface area contributed by atoms with E-state index in [2.05, 4.69) is 0 Å². The molecule has 9 heteroatoms. The van der Waals surface area contributed by atoms with Crippen LogP contribution in [0.3, 0.4) is 0 Å². The van der Waals surface area contributed by atoms with Crippen LogP contribution < -0.4 is 0 Å². The van der Waals surface area contributed by atoms with E-state index in [0.717, 1.165) is 0 Å². The number of hydrogen-bond acceptors (Lipinski definition) is 6. The van der Waals surface area contributed by atoms with Crippen LogP contribution in [0.1, 0.15) is 5.56 Å². The van der Waals surface area contributed by atoms with E-state index in [1.807, 2.05) is 6.07 Å². The highest BCUT2D eigenvalue weighted by Gasteiger charge is 2.33. The molecule has 0 spiro atoms. The Balaban J connectivity index is 1.70. The van der Waals surface area contributed by atoms with Crippen molar-refractivity contribution in [3.63, 3.8) is 0 Å². The summed E-state index contributed by atoms with van der Waals surface area (Å²) in [6.07, 6.45) is 1.29. The molecule has 3 rings (SSSR count). The number of sulfonamides is 1. The van der Waals surface area contributed by atoms with Gasteiger partial charge in [0, 0.05) is 26.2 Å². The second-order valence-corrected chi connectivity index (χ2v) is 7.41. The molecule has 0 aliphatic carbocycles. The second kappa shape index (κ2) is 7.13. The first-order valence-corrected chi connectivity index (χ1v) is 9.21.